The standard InChI is InChI=1S/C16H16ClN3O2S/c1-8-9(2)23-16-14(8)15(18-7-19-16)20-11-6-12(21-3)10(17)5-13(11)22-4/h5-7H,1-4H3,(H,18,19,20). The van der Waals surface area contributed by atoms with Crippen LogP contribution in [0.2, 0.25) is 5.02 Å². The maximum absolute atomic E-state index is 6.15. The van der Waals surface area contributed by atoms with Gasteiger partial charge in [-0.3, -0.25) is 0 Å². The fourth-order valence-corrected chi connectivity index (χ4v) is 3.59. The predicted molar refractivity (Wildman–Crippen MR) is 94.7 cm³/mol. The van der Waals surface area contributed by atoms with Crippen LogP contribution in [0.1, 0.15) is 10.4 Å². The summed E-state index contributed by atoms with van der Waals surface area (Å²) in [5.74, 6) is 1.92. The van der Waals surface area contributed by atoms with Crippen molar-refractivity contribution < 1.29 is 9.47 Å². The highest BCUT2D eigenvalue weighted by Crippen LogP contribution is 2.39. The molecule has 0 amide bonds. The molecule has 7 heteroatoms. The lowest BCUT2D eigenvalue weighted by Crippen LogP contribution is -1.99. The maximum Gasteiger partial charge on any atom is 0.144 e. The summed E-state index contributed by atoms with van der Waals surface area (Å²) >= 11 is 7.81. The Balaban J connectivity index is 2.12. The van der Waals surface area contributed by atoms with Crippen LogP contribution in [0.3, 0.4) is 0 Å². The number of anilines is 2. The third kappa shape index (κ3) is 2.80. The molecule has 23 heavy (non-hydrogen) atoms. The van der Waals surface area contributed by atoms with Crippen LogP contribution in [-0.4, -0.2) is 24.2 Å². The summed E-state index contributed by atoms with van der Waals surface area (Å²) in [7, 11) is 3.17. The van der Waals surface area contributed by atoms with Gasteiger partial charge in [0, 0.05) is 17.0 Å². The summed E-state index contributed by atoms with van der Waals surface area (Å²) in [6.07, 6.45) is 1.56. The number of nitrogens with zero attached hydrogens (tertiary/aromatic N) is 2. The first-order chi connectivity index (χ1) is 11.0. The van der Waals surface area contributed by atoms with Crippen molar-refractivity contribution >= 4 is 44.7 Å². The van der Waals surface area contributed by atoms with Gasteiger partial charge in [0.1, 0.15) is 28.5 Å². The first-order valence-electron chi connectivity index (χ1n) is 6.94. The Labute approximate surface area is 143 Å². The molecule has 1 N–H and O–H groups in total. The van der Waals surface area contributed by atoms with Crippen molar-refractivity contribution in [3.05, 3.63) is 33.9 Å². The number of rotatable bonds is 4. The second-order valence-corrected chi connectivity index (χ2v) is 6.61. The van der Waals surface area contributed by atoms with Crippen LogP contribution in [0.5, 0.6) is 11.5 Å². The first-order valence-corrected chi connectivity index (χ1v) is 8.13. The number of fused-ring (bicyclic) bond motifs is 1. The zero-order valence-corrected chi connectivity index (χ0v) is 14.8. The Morgan fingerprint density at radius 3 is 2.52 bits per heavy atom. The lowest BCUT2D eigenvalue weighted by molar-refractivity contribution is 0.405. The van der Waals surface area contributed by atoms with E-state index in [9.17, 15) is 0 Å². The van der Waals surface area contributed by atoms with Gasteiger partial charge in [-0.2, -0.15) is 0 Å². The van der Waals surface area contributed by atoms with E-state index < -0.39 is 0 Å². The summed E-state index contributed by atoms with van der Waals surface area (Å²) in [4.78, 5) is 10.9. The molecule has 0 spiro atoms. The highest BCUT2D eigenvalue weighted by atomic mass is 35.5. The molecule has 0 bridgehead atoms. The van der Waals surface area contributed by atoms with Crippen LogP contribution in [0.25, 0.3) is 10.2 Å². The average molecular weight is 350 g/mol. The molecule has 0 unspecified atom stereocenters. The van der Waals surface area contributed by atoms with Gasteiger partial charge in [0.2, 0.25) is 0 Å². The summed E-state index contributed by atoms with van der Waals surface area (Å²) < 4.78 is 10.7. The van der Waals surface area contributed by atoms with Gasteiger partial charge in [-0.1, -0.05) is 11.6 Å². The van der Waals surface area contributed by atoms with Crippen molar-refractivity contribution in [3.63, 3.8) is 0 Å². The van der Waals surface area contributed by atoms with E-state index in [0.29, 0.717) is 16.5 Å². The molecule has 0 atom stereocenters. The molecule has 2 heterocycles. The smallest absolute Gasteiger partial charge is 0.144 e. The normalized spacial score (nSPS) is 10.8. The molecule has 3 rings (SSSR count). The van der Waals surface area contributed by atoms with E-state index in [-0.39, 0.29) is 0 Å². The molecule has 0 radical (unpaired) electrons. The highest BCUT2D eigenvalue weighted by Gasteiger charge is 2.15. The molecule has 120 valence electrons. The molecule has 5 nitrogen and oxygen atoms in total. The second-order valence-electron chi connectivity index (χ2n) is 5.00. The summed E-state index contributed by atoms with van der Waals surface area (Å²) in [5, 5.41) is 4.82. The van der Waals surface area contributed by atoms with Gasteiger partial charge in [-0.05, 0) is 19.4 Å². The Morgan fingerprint density at radius 1 is 1.09 bits per heavy atom. The Kier molecular flexibility index (Phi) is 4.28. The number of hydrogen-bond acceptors (Lipinski definition) is 6. The molecule has 0 saturated carbocycles. The summed E-state index contributed by atoms with van der Waals surface area (Å²) in [5.41, 5.74) is 1.91. The molecular weight excluding hydrogens is 334 g/mol. The number of aryl methyl sites for hydroxylation is 2. The van der Waals surface area contributed by atoms with Crippen LogP contribution in [-0.2, 0) is 0 Å². The van der Waals surface area contributed by atoms with E-state index in [4.69, 9.17) is 21.1 Å². The molecule has 2 aromatic heterocycles. The Bertz CT molecular complexity index is 879. The third-order valence-electron chi connectivity index (χ3n) is 3.69. The van der Waals surface area contributed by atoms with Gasteiger partial charge < -0.3 is 14.8 Å². The first kappa shape index (κ1) is 15.8. The number of benzene rings is 1. The number of methoxy groups -OCH3 is 2. The molecule has 0 fully saturated rings. The maximum atomic E-state index is 6.15. The van der Waals surface area contributed by atoms with Crippen molar-refractivity contribution in [1.82, 2.24) is 9.97 Å². The van der Waals surface area contributed by atoms with Crippen molar-refractivity contribution in [2.75, 3.05) is 19.5 Å². The minimum absolute atomic E-state index is 0.491. The van der Waals surface area contributed by atoms with Crippen LogP contribution >= 0.6 is 22.9 Å². The van der Waals surface area contributed by atoms with Crippen LogP contribution < -0.4 is 14.8 Å². The van der Waals surface area contributed by atoms with Gasteiger partial charge in [-0.25, -0.2) is 9.97 Å². The van der Waals surface area contributed by atoms with Crippen molar-refractivity contribution in [3.8, 4) is 11.5 Å². The molecule has 0 aliphatic carbocycles. The third-order valence-corrected chi connectivity index (χ3v) is 5.10. The fourth-order valence-electron chi connectivity index (χ4n) is 2.36. The lowest BCUT2D eigenvalue weighted by Gasteiger charge is -2.14. The van der Waals surface area contributed by atoms with Gasteiger partial charge in [0.05, 0.1) is 30.3 Å². The number of halogens is 1. The Morgan fingerprint density at radius 2 is 1.83 bits per heavy atom. The number of nitrogens with one attached hydrogen (secondary N) is 1. The summed E-state index contributed by atoms with van der Waals surface area (Å²) in [6, 6.07) is 3.51. The highest BCUT2D eigenvalue weighted by molar-refractivity contribution is 7.18. The molecule has 3 aromatic rings. The zero-order valence-electron chi connectivity index (χ0n) is 13.2. The quantitative estimate of drug-likeness (QED) is 0.738. The SMILES string of the molecule is COc1cc(Nc2ncnc3sc(C)c(C)c23)c(OC)cc1Cl. The van der Waals surface area contributed by atoms with Gasteiger partial charge in [0.25, 0.3) is 0 Å². The number of thiophene rings is 1. The molecular formula is C16H16ClN3O2S. The number of hydrogen-bond donors (Lipinski definition) is 1. The minimum atomic E-state index is 0.491. The van der Waals surface area contributed by atoms with Crippen molar-refractivity contribution in [2.45, 2.75) is 13.8 Å². The second kappa shape index (κ2) is 6.22. The monoisotopic (exact) mass is 349 g/mol. The average Bonchev–Trinajstić information content (AvgIpc) is 2.84. The summed E-state index contributed by atoms with van der Waals surface area (Å²) in [6.45, 7) is 4.15. The van der Waals surface area contributed by atoms with Crippen LogP contribution in [0, 0.1) is 13.8 Å². The van der Waals surface area contributed by atoms with Gasteiger partial charge in [-0.15, -0.1) is 11.3 Å². The zero-order chi connectivity index (χ0) is 16.6. The van der Waals surface area contributed by atoms with E-state index in [1.54, 1.807) is 44.0 Å². The van der Waals surface area contributed by atoms with Crippen molar-refractivity contribution in [1.29, 1.82) is 0 Å². The van der Waals surface area contributed by atoms with Gasteiger partial charge >= 0.3 is 0 Å². The Hall–Kier alpha value is -2.05. The van der Waals surface area contributed by atoms with E-state index >= 15 is 0 Å². The fraction of sp³-hybridized carbons (Fsp3) is 0.250. The van der Waals surface area contributed by atoms with Crippen molar-refractivity contribution in [2.24, 2.45) is 0 Å². The number of ether oxygens (including phenoxy) is 2. The minimum Gasteiger partial charge on any atom is -0.495 e. The van der Waals surface area contributed by atoms with Gasteiger partial charge in [0.15, 0.2) is 0 Å². The molecule has 0 saturated heterocycles. The van der Waals surface area contributed by atoms with Crippen LogP contribution in [0.4, 0.5) is 11.5 Å². The number of aromatic nitrogens is 2. The topological polar surface area (TPSA) is 56.3 Å². The molecule has 0 aliphatic rings. The predicted octanol–water partition coefficient (Wildman–Crippen LogP) is 4.72. The van der Waals surface area contributed by atoms with E-state index in [0.717, 1.165) is 21.7 Å². The lowest BCUT2D eigenvalue weighted by atomic mass is 10.2. The van der Waals surface area contributed by atoms with E-state index in [1.807, 2.05) is 0 Å². The van der Waals surface area contributed by atoms with E-state index in [2.05, 4.69) is 29.1 Å². The van der Waals surface area contributed by atoms with E-state index in [1.165, 1.54) is 10.4 Å². The largest absolute Gasteiger partial charge is 0.495 e. The van der Waals surface area contributed by atoms with Crippen LogP contribution in [0.15, 0.2) is 18.5 Å². The molecule has 1 aromatic carbocycles. The molecule has 0 aliphatic heterocycles.